The van der Waals surface area contributed by atoms with Gasteiger partial charge in [0.05, 0.1) is 6.61 Å². The molecule has 0 heterocycles. The molecule has 0 aliphatic heterocycles. The van der Waals surface area contributed by atoms with Crippen molar-refractivity contribution < 1.29 is 19.4 Å². The molecule has 0 aromatic rings. The van der Waals surface area contributed by atoms with E-state index in [9.17, 15) is 9.59 Å². The summed E-state index contributed by atoms with van der Waals surface area (Å²) in [5, 5.41) is 8.52. The quantitative estimate of drug-likeness (QED) is 0.0490. The van der Waals surface area contributed by atoms with Crippen molar-refractivity contribution in [3.63, 3.8) is 0 Å². The largest absolute Gasteiger partial charge is 0.481 e. The van der Waals surface area contributed by atoms with Crippen molar-refractivity contribution in [3.8, 4) is 0 Å². The third kappa shape index (κ3) is 59.3. The molecule has 0 aliphatic rings. The predicted molar refractivity (Wildman–Crippen MR) is 257 cm³/mol. The topological polar surface area (TPSA) is 63.6 Å². The highest BCUT2D eigenvalue weighted by atomic mass is 16.5. The highest BCUT2D eigenvalue weighted by Gasteiger charge is 2.03. The summed E-state index contributed by atoms with van der Waals surface area (Å²) in [4.78, 5) is 22.2. The molecule has 0 saturated heterocycles. The molecule has 0 spiro atoms. The number of carbonyl (C=O) groups excluding carboxylic acids is 1. The summed E-state index contributed by atoms with van der Waals surface area (Å²) in [6.45, 7) is 9.85. The SMILES string of the molecule is CCCCCCCCCCCCCCCCCC(=O)O.CCCCCCCCCCCCCCCCCCOC(=O)CCCCCCCCCCCCCCC(C)C. The average Bonchev–Trinajstić information content (AvgIpc) is 3.20. The second-order valence-electron chi connectivity index (χ2n) is 18.8. The summed E-state index contributed by atoms with van der Waals surface area (Å²) in [7, 11) is 0. The van der Waals surface area contributed by atoms with E-state index >= 15 is 0 Å². The number of rotatable bonds is 48. The summed E-state index contributed by atoms with van der Waals surface area (Å²) >= 11 is 0. The molecule has 1 N–H and O–H groups in total. The van der Waals surface area contributed by atoms with Crippen LogP contribution in [0.25, 0.3) is 0 Å². The molecule has 0 unspecified atom stereocenters. The molecule has 0 aromatic carbocycles. The number of unbranched alkanes of at least 4 members (excludes halogenated alkanes) is 40. The fourth-order valence-electron chi connectivity index (χ4n) is 8.15. The van der Waals surface area contributed by atoms with Crippen molar-refractivity contribution in [2.45, 2.75) is 323 Å². The molecule has 0 bridgehead atoms. The third-order valence-electron chi connectivity index (χ3n) is 12.2. The van der Waals surface area contributed by atoms with Crippen LogP contribution in [0.5, 0.6) is 0 Å². The summed E-state index contributed by atoms with van der Waals surface area (Å²) < 4.78 is 5.44. The highest BCUT2D eigenvalue weighted by Crippen LogP contribution is 2.17. The van der Waals surface area contributed by atoms with Gasteiger partial charge in [0.15, 0.2) is 0 Å². The summed E-state index contributed by atoms with van der Waals surface area (Å²) in [6.07, 6.45) is 60.4. The van der Waals surface area contributed by atoms with E-state index in [0.717, 1.165) is 31.6 Å². The second kappa shape index (κ2) is 54.0. The molecular weight excluding hydrogens is 713 g/mol. The van der Waals surface area contributed by atoms with Crippen LogP contribution in [0, 0.1) is 5.92 Å². The number of carboxylic acids is 1. The Bertz CT molecular complexity index is 764. The van der Waals surface area contributed by atoms with Crippen molar-refractivity contribution in [2.24, 2.45) is 5.92 Å². The van der Waals surface area contributed by atoms with Crippen LogP contribution >= 0.6 is 0 Å². The Kier molecular flexibility index (Phi) is 54.9. The van der Waals surface area contributed by atoms with E-state index in [1.54, 1.807) is 0 Å². The molecule has 4 heteroatoms. The maximum absolute atomic E-state index is 11.9. The van der Waals surface area contributed by atoms with Gasteiger partial charge in [-0.15, -0.1) is 0 Å². The Morgan fingerprint density at radius 1 is 0.345 bits per heavy atom. The Morgan fingerprint density at radius 3 is 0.862 bits per heavy atom. The van der Waals surface area contributed by atoms with Crippen LogP contribution in [0.15, 0.2) is 0 Å². The Hall–Kier alpha value is -1.06. The first-order valence-electron chi connectivity index (χ1n) is 26.8. The van der Waals surface area contributed by atoms with Crippen LogP contribution in [0.3, 0.4) is 0 Å². The molecular formula is C54H108O4. The zero-order chi connectivity index (χ0) is 42.7. The normalized spacial score (nSPS) is 11.3. The monoisotopic (exact) mass is 821 g/mol. The van der Waals surface area contributed by atoms with Gasteiger partial charge in [-0.3, -0.25) is 9.59 Å². The Balaban J connectivity index is 0. The van der Waals surface area contributed by atoms with E-state index in [0.29, 0.717) is 19.4 Å². The summed E-state index contributed by atoms with van der Waals surface area (Å²) in [6, 6.07) is 0. The molecule has 0 rings (SSSR count). The first kappa shape index (κ1) is 59.0. The van der Waals surface area contributed by atoms with Crippen LogP contribution in [-0.2, 0) is 14.3 Å². The number of aliphatic carboxylic acids is 1. The van der Waals surface area contributed by atoms with Crippen LogP contribution in [-0.4, -0.2) is 23.7 Å². The number of ether oxygens (including phenoxy) is 1. The minimum atomic E-state index is -0.653. The third-order valence-corrected chi connectivity index (χ3v) is 12.2. The van der Waals surface area contributed by atoms with Crippen molar-refractivity contribution in [2.75, 3.05) is 6.61 Å². The van der Waals surface area contributed by atoms with Crippen molar-refractivity contribution in [1.82, 2.24) is 0 Å². The number of hydrogen-bond acceptors (Lipinski definition) is 3. The number of carbonyl (C=O) groups is 2. The molecule has 58 heavy (non-hydrogen) atoms. The predicted octanol–water partition coefficient (Wildman–Crippen LogP) is 19.2. The first-order valence-corrected chi connectivity index (χ1v) is 26.8. The molecule has 0 fully saturated rings. The van der Waals surface area contributed by atoms with Gasteiger partial charge in [0.25, 0.3) is 0 Å². The van der Waals surface area contributed by atoms with E-state index in [4.69, 9.17) is 9.84 Å². The lowest BCUT2D eigenvalue weighted by atomic mass is 10.0. The molecule has 0 aliphatic carbocycles. The lowest BCUT2D eigenvalue weighted by Gasteiger charge is -2.06. The molecule has 0 radical (unpaired) electrons. The van der Waals surface area contributed by atoms with Crippen molar-refractivity contribution in [3.05, 3.63) is 0 Å². The van der Waals surface area contributed by atoms with Gasteiger partial charge in [-0.2, -0.15) is 0 Å². The maximum atomic E-state index is 11.9. The van der Waals surface area contributed by atoms with Crippen LogP contribution in [0.1, 0.15) is 323 Å². The molecule has 4 nitrogen and oxygen atoms in total. The van der Waals surface area contributed by atoms with Gasteiger partial charge in [-0.05, 0) is 25.2 Å². The zero-order valence-electron chi connectivity index (χ0n) is 40.5. The number of esters is 1. The summed E-state index contributed by atoms with van der Waals surface area (Å²) in [5.74, 6) is 0.244. The standard InChI is InChI=1S/C36H72O2.C18H36O2/c1-4-5-6-7-8-9-10-11-12-13-16-19-22-25-28-31-34-38-36(37)33-30-27-24-21-18-15-14-17-20-23-26-29-32-35(2)3;1-2-3-4-5-6-7-8-9-10-11-12-13-14-15-16-17-18(19)20/h35H,4-34H2,1-3H3;2-17H2,1H3,(H,19,20). The van der Waals surface area contributed by atoms with Crippen molar-refractivity contribution in [1.29, 1.82) is 0 Å². The fourth-order valence-corrected chi connectivity index (χ4v) is 8.15. The van der Waals surface area contributed by atoms with E-state index in [1.807, 2.05) is 0 Å². The van der Waals surface area contributed by atoms with Gasteiger partial charge in [-0.25, -0.2) is 0 Å². The molecule has 0 amide bonds. The first-order chi connectivity index (χ1) is 28.4. The average molecular weight is 821 g/mol. The molecule has 348 valence electrons. The van der Waals surface area contributed by atoms with Crippen molar-refractivity contribution >= 4 is 11.9 Å². The van der Waals surface area contributed by atoms with Gasteiger partial charge >= 0.3 is 11.9 Å². The minimum Gasteiger partial charge on any atom is -0.481 e. The minimum absolute atomic E-state index is 0.0272. The van der Waals surface area contributed by atoms with Gasteiger partial charge in [0, 0.05) is 12.8 Å². The fraction of sp³-hybridized carbons (Fsp3) is 0.963. The lowest BCUT2D eigenvalue weighted by Crippen LogP contribution is -2.05. The van der Waals surface area contributed by atoms with Crippen LogP contribution in [0.4, 0.5) is 0 Å². The lowest BCUT2D eigenvalue weighted by molar-refractivity contribution is -0.144. The maximum Gasteiger partial charge on any atom is 0.305 e. The van der Waals surface area contributed by atoms with E-state index in [-0.39, 0.29) is 5.97 Å². The van der Waals surface area contributed by atoms with Gasteiger partial charge in [0.2, 0.25) is 0 Å². The van der Waals surface area contributed by atoms with E-state index < -0.39 is 5.97 Å². The van der Waals surface area contributed by atoms with Gasteiger partial charge < -0.3 is 9.84 Å². The second-order valence-corrected chi connectivity index (χ2v) is 18.8. The van der Waals surface area contributed by atoms with Gasteiger partial charge in [-0.1, -0.05) is 291 Å². The number of carboxylic acid groups (broad SMARTS) is 1. The Labute approximate surface area is 365 Å². The Morgan fingerprint density at radius 2 is 0.586 bits per heavy atom. The smallest absolute Gasteiger partial charge is 0.305 e. The van der Waals surface area contributed by atoms with Gasteiger partial charge in [0.1, 0.15) is 0 Å². The summed E-state index contributed by atoms with van der Waals surface area (Å²) in [5.41, 5.74) is 0. The van der Waals surface area contributed by atoms with Crippen LogP contribution in [0.2, 0.25) is 0 Å². The van der Waals surface area contributed by atoms with Crippen LogP contribution < -0.4 is 0 Å². The number of hydrogen-bond donors (Lipinski definition) is 1. The van der Waals surface area contributed by atoms with E-state index in [1.165, 1.54) is 257 Å². The van der Waals surface area contributed by atoms with E-state index in [2.05, 4.69) is 27.7 Å². The zero-order valence-corrected chi connectivity index (χ0v) is 40.5. The molecule has 0 saturated carbocycles. The molecule has 0 atom stereocenters. The molecule has 0 aromatic heterocycles. The highest BCUT2D eigenvalue weighted by molar-refractivity contribution is 5.69.